The second-order valence-corrected chi connectivity index (χ2v) is 5.62. The zero-order valence-corrected chi connectivity index (χ0v) is 13.0. The van der Waals surface area contributed by atoms with Crippen molar-refractivity contribution in [2.24, 2.45) is 11.8 Å². The summed E-state index contributed by atoms with van der Waals surface area (Å²) in [6.45, 7) is 3.92. The van der Waals surface area contributed by atoms with Gasteiger partial charge in [-0.3, -0.25) is 0 Å². The Morgan fingerprint density at radius 1 is 0.909 bits per heavy atom. The Labute approximate surface area is 131 Å². The van der Waals surface area contributed by atoms with Crippen LogP contribution in [0.3, 0.4) is 0 Å². The molecule has 0 aromatic heterocycles. The van der Waals surface area contributed by atoms with Gasteiger partial charge in [0, 0.05) is 5.92 Å². The van der Waals surface area contributed by atoms with Gasteiger partial charge in [0.15, 0.2) is 0 Å². The van der Waals surface area contributed by atoms with Crippen LogP contribution < -0.4 is 0 Å². The number of alkyl halides is 2. The van der Waals surface area contributed by atoms with Crippen LogP contribution in [0.15, 0.2) is 66.7 Å². The molecule has 0 N–H and O–H groups in total. The minimum atomic E-state index is -2.17. The number of allylic oxidation sites excluding steroid dienone is 1. The van der Waals surface area contributed by atoms with Crippen molar-refractivity contribution in [2.45, 2.75) is 26.2 Å². The third-order valence-corrected chi connectivity index (χ3v) is 4.08. The number of rotatable bonds is 3. The molecule has 2 heteroatoms. The first-order chi connectivity index (χ1) is 10.6. The van der Waals surface area contributed by atoms with Gasteiger partial charge >= 0.3 is 0 Å². The summed E-state index contributed by atoms with van der Waals surface area (Å²) >= 11 is 0. The van der Waals surface area contributed by atoms with Gasteiger partial charge < -0.3 is 0 Å². The van der Waals surface area contributed by atoms with Gasteiger partial charge in [-0.2, -0.15) is 0 Å². The maximum absolute atomic E-state index is 12.4. The smallest absolute Gasteiger partial charge is 0.210 e. The van der Waals surface area contributed by atoms with E-state index < -0.39 is 12.3 Å². The van der Waals surface area contributed by atoms with Crippen LogP contribution >= 0.6 is 0 Å². The summed E-state index contributed by atoms with van der Waals surface area (Å²) in [5, 5.41) is 0. The van der Waals surface area contributed by atoms with Gasteiger partial charge in [-0.25, -0.2) is 8.78 Å². The molecule has 0 saturated heterocycles. The highest BCUT2D eigenvalue weighted by molar-refractivity contribution is 5.47. The fourth-order valence-corrected chi connectivity index (χ4v) is 2.84. The summed E-state index contributed by atoms with van der Waals surface area (Å²) in [5.74, 6) is -0.189. The van der Waals surface area contributed by atoms with Crippen LogP contribution in [0.4, 0.5) is 8.78 Å². The van der Waals surface area contributed by atoms with Crippen molar-refractivity contribution < 1.29 is 8.78 Å². The van der Waals surface area contributed by atoms with E-state index in [0.717, 1.165) is 5.56 Å². The van der Waals surface area contributed by atoms with E-state index in [1.807, 2.05) is 68.5 Å². The zero-order chi connectivity index (χ0) is 15.9. The first-order valence-corrected chi connectivity index (χ1v) is 7.66. The fourth-order valence-electron chi connectivity index (χ4n) is 2.84. The SMILES string of the molecule is C/C=C/c1ccccc1.CC1C(c2ccccc2)C1C(F)F. The number of benzene rings is 2. The van der Waals surface area contributed by atoms with Crippen molar-refractivity contribution in [3.63, 3.8) is 0 Å². The van der Waals surface area contributed by atoms with E-state index in [1.54, 1.807) is 0 Å². The van der Waals surface area contributed by atoms with E-state index in [1.165, 1.54) is 5.56 Å². The molecule has 0 amide bonds. The summed E-state index contributed by atoms with van der Waals surface area (Å²) in [6, 6.07) is 19.9. The molecule has 2 aromatic carbocycles. The molecule has 1 fully saturated rings. The molecule has 0 bridgehead atoms. The topological polar surface area (TPSA) is 0 Å². The first-order valence-electron chi connectivity index (χ1n) is 7.66. The minimum Gasteiger partial charge on any atom is -0.210 e. The fraction of sp³-hybridized carbons (Fsp3) is 0.300. The van der Waals surface area contributed by atoms with Gasteiger partial charge in [-0.15, -0.1) is 0 Å². The lowest BCUT2D eigenvalue weighted by atomic mass is 10.1. The normalized spacial score (nSPS) is 23.2. The van der Waals surface area contributed by atoms with Gasteiger partial charge in [0.2, 0.25) is 6.43 Å². The summed E-state index contributed by atoms with van der Waals surface area (Å²) in [5.41, 5.74) is 2.32. The van der Waals surface area contributed by atoms with Crippen LogP contribution in [0.5, 0.6) is 0 Å². The molecule has 0 radical (unpaired) electrons. The average Bonchev–Trinajstić information content (AvgIpc) is 3.22. The summed E-state index contributed by atoms with van der Waals surface area (Å²) in [6.07, 6.45) is 1.95. The quantitative estimate of drug-likeness (QED) is 0.650. The second kappa shape index (κ2) is 7.88. The number of hydrogen-bond acceptors (Lipinski definition) is 0. The van der Waals surface area contributed by atoms with Crippen molar-refractivity contribution in [3.8, 4) is 0 Å². The molecule has 0 heterocycles. The predicted octanol–water partition coefficient (Wildman–Crippen LogP) is 6.02. The van der Waals surface area contributed by atoms with E-state index in [-0.39, 0.29) is 11.8 Å². The van der Waals surface area contributed by atoms with Crippen molar-refractivity contribution in [3.05, 3.63) is 77.9 Å². The van der Waals surface area contributed by atoms with Crippen molar-refractivity contribution >= 4 is 6.08 Å². The Kier molecular flexibility index (Phi) is 5.88. The lowest BCUT2D eigenvalue weighted by Crippen LogP contribution is -1.95. The third kappa shape index (κ3) is 4.27. The molecule has 22 heavy (non-hydrogen) atoms. The highest BCUT2D eigenvalue weighted by Gasteiger charge is 2.52. The molecule has 0 nitrogen and oxygen atoms in total. The number of hydrogen-bond donors (Lipinski definition) is 0. The molecule has 1 saturated carbocycles. The molecule has 1 aliphatic carbocycles. The average molecular weight is 300 g/mol. The van der Waals surface area contributed by atoms with E-state index in [4.69, 9.17) is 0 Å². The maximum atomic E-state index is 12.4. The van der Waals surface area contributed by atoms with Crippen LogP contribution in [-0.4, -0.2) is 6.43 Å². The van der Waals surface area contributed by atoms with Crippen molar-refractivity contribution in [1.29, 1.82) is 0 Å². The minimum absolute atomic E-state index is 0.0844. The molecule has 1 aliphatic rings. The summed E-state index contributed by atoms with van der Waals surface area (Å²) in [7, 11) is 0. The Morgan fingerprint density at radius 3 is 1.91 bits per heavy atom. The predicted molar refractivity (Wildman–Crippen MR) is 89.0 cm³/mol. The Balaban J connectivity index is 0.000000172. The summed E-state index contributed by atoms with van der Waals surface area (Å²) in [4.78, 5) is 0. The van der Waals surface area contributed by atoms with Gasteiger partial charge in [-0.1, -0.05) is 79.7 Å². The van der Waals surface area contributed by atoms with Crippen LogP contribution in [0.25, 0.3) is 6.08 Å². The second-order valence-electron chi connectivity index (χ2n) is 5.62. The van der Waals surface area contributed by atoms with Crippen molar-refractivity contribution in [1.82, 2.24) is 0 Å². The van der Waals surface area contributed by atoms with Crippen molar-refractivity contribution in [2.75, 3.05) is 0 Å². The van der Waals surface area contributed by atoms with E-state index in [2.05, 4.69) is 18.2 Å². The van der Waals surface area contributed by atoms with Gasteiger partial charge in [-0.05, 0) is 29.9 Å². The molecule has 3 atom stereocenters. The standard InChI is InChI=1S/C11H12F2.C9H10/c1-7-9(10(7)11(12)13)8-5-3-2-4-6-8;1-2-6-9-7-4-3-5-8-9/h2-7,9-11H,1H3;2-8H,1H3/b;6-2+. The Bertz CT molecular complexity index is 575. The molecule has 3 rings (SSSR count). The van der Waals surface area contributed by atoms with E-state index in [9.17, 15) is 8.78 Å². The maximum Gasteiger partial charge on any atom is 0.242 e. The van der Waals surface area contributed by atoms with Crippen LogP contribution in [0, 0.1) is 11.8 Å². The van der Waals surface area contributed by atoms with Crippen LogP contribution in [0.1, 0.15) is 30.9 Å². The van der Waals surface area contributed by atoms with Crippen LogP contribution in [-0.2, 0) is 0 Å². The highest BCUT2D eigenvalue weighted by Crippen LogP contribution is 2.56. The van der Waals surface area contributed by atoms with E-state index in [0.29, 0.717) is 0 Å². The first kappa shape index (κ1) is 16.4. The molecular formula is C20H22F2. The Morgan fingerprint density at radius 2 is 1.45 bits per heavy atom. The highest BCUT2D eigenvalue weighted by atomic mass is 19.3. The monoisotopic (exact) mass is 300 g/mol. The lowest BCUT2D eigenvalue weighted by Gasteiger charge is -1.98. The molecule has 0 spiro atoms. The van der Waals surface area contributed by atoms with E-state index >= 15 is 0 Å². The molecule has 116 valence electrons. The molecular weight excluding hydrogens is 278 g/mol. The van der Waals surface area contributed by atoms with Gasteiger partial charge in [0.1, 0.15) is 0 Å². The third-order valence-electron chi connectivity index (χ3n) is 4.08. The van der Waals surface area contributed by atoms with Crippen LogP contribution in [0.2, 0.25) is 0 Å². The molecule has 3 unspecified atom stereocenters. The van der Waals surface area contributed by atoms with Gasteiger partial charge in [0.25, 0.3) is 0 Å². The summed E-state index contributed by atoms with van der Waals surface area (Å²) < 4.78 is 24.8. The molecule has 0 aliphatic heterocycles. The van der Waals surface area contributed by atoms with Gasteiger partial charge in [0.05, 0.1) is 0 Å². The Hall–Kier alpha value is -1.96. The zero-order valence-electron chi connectivity index (χ0n) is 13.0. The lowest BCUT2D eigenvalue weighted by molar-refractivity contribution is 0.115. The number of halogens is 2. The largest absolute Gasteiger partial charge is 0.242 e. The molecule has 2 aromatic rings.